The second-order valence-electron chi connectivity index (χ2n) is 3.25. The van der Waals surface area contributed by atoms with Crippen LogP contribution in [-0.2, 0) is 0 Å². The number of halogens is 3. The maximum atomic E-state index is 5.58. The molecule has 0 radical (unpaired) electrons. The van der Waals surface area contributed by atoms with Crippen molar-refractivity contribution in [1.82, 2.24) is 0 Å². The van der Waals surface area contributed by atoms with Gasteiger partial charge in [0.25, 0.3) is 0 Å². The summed E-state index contributed by atoms with van der Waals surface area (Å²) in [7, 11) is 0. The topological polar surface area (TPSA) is 27.7 Å². The third-order valence-corrected chi connectivity index (χ3v) is 2.35. The fourth-order valence-electron chi connectivity index (χ4n) is 1.26. The highest BCUT2D eigenvalue weighted by molar-refractivity contribution is 6.18. The van der Waals surface area contributed by atoms with Crippen molar-refractivity contribution < 1.29 is 14.2 Å². The second kappa shape index (κ2) is 9.42. The smallest absolute Gasteiger partial charge is 0.126 e. The van der Waals surface area contributed by atoms with Crippen LogP contribution in [0.1, 0.15) is 0 Å². The predicted molar refractivity (Wildman–Crippen MR) is 75.1 cm³/mol. The van der Waals surface area contributed by atoms with E-state index in [1.54, 1.807) is 18.2 Å². The molecule has 0 unspecified atom stereocenters. The standard InChI is InChI=1S/C12H15Cl3O3/c13-1-4-16-10-7-11(17-5-2-14)9-12(8-10)18-6-3-15/h7-9H,1-6H2. The van der Waals surface area contributed by atoms with E-state index in [0.29, 0.717) is 54.7 Å². The summed E-state index contributed by atoms with van der Waals surface area (Å²) in [6.45, 7) is 1.28. The molecule has 1 rings (SSSR count). The van der Waals surface area contributed by atoms with E-state index in [2.05, 4.69) is 0 Å². The number of benzene rings is 1. The van der Waals surface area contributed by atoms with Crippen molar-refractivity contribution in [3.8, 4) is 17.2 Å². The first-order chi connectivity index (χ1) is 8.80. The van der Waals surface area contributed by atoms with Crippen molar-refractivity contribution in [2.75, 3.05) is 37.5 Å². The molecule has 0 atom stereocenters. The van der Waals surface area contributed by atoms with Crippen LogP contribution in [0, 0.1) is 0 Å². The van der Waals surface area contributed by atoms with E-state index >= 15 is 0 Å². The molecule has 3 nitrogen and oxygen atoms in total. The van der Waals surface area contributed by atoms with Gasteiger partial charge in [-0.2, -0.15) is 0 Å². The summed E-state index contributed by atoms with van der Waals surface area (Å²) in [6, 6.07) is 5.31. The van der Waals surface area contributed by atoms with Gasteiger partial charge >= 0.3 is 0 Å². The van der Waals surface area contributed by atoms with E-state index in [9.17, 15) is 0 Å². The van der Waals surface area contributed by atoms with E-state index in [0.717, 1.165) is 0 Å². The number of ether oxygens (including phenoxy) is 3. The summed E-state index contributed by atoms with van der Waals surface area (Å²) in [5.74, 6) is 3.20. The SMILES string of the molecule is ClCCOc1cc(OCCCl)cc(OCCCl)c1. The average Bonchev–Trinajstić information content (AvgIpc) is 2.40. The molecule has 0 amide bonds. The van der Waals surface area contributed by atoms with Crippen LogP contribution >= 0.6 is 34.8 Å². The van der Waals surface area contributed by atoms with Crippen molar-refractivity contribution >= 4 is 34.8 Å². The zero-order valence-electron chi connectivity index (χ0n) is 9.83. The molecule has 0 heterocycles. The first-order valence-electron chi connectivity index (χ1n) is 5.51. The first kappa shape index (κ1) is 15.5. The van der Waals surface area contributed by atoms with E-state index in [4.69, 9.17) is 49.0 Å². The quantitative estimate of drug-likeness (QED) is 0.653. The van der Waals surface area contributed by atoms with E-state index in [1.165, 1.54) is 0 Å². The molecule has 1 aromatic carbocycles. The van der Waals surface area contributed by atoms with Crippen LogP contribution < -0.4 is 14.2 Å². The monoisotopic (exact) mass is 312 g/mol. The van der Waals surface area contributed by atoms with Crippen LogP contribution in [0.25, 0.3) is 0 Å². The lowest BCUT2D eigenvalue weighted by molar-refractivity contribution is 0.309. The van der Waals surface area contributed by atoms with Crippen molar-refractivity contribution in [2.24, 2.45) is 0 Å². The van der Waals surface area contributed by atoms with Gasteiger partial charge in [-0.25, -0.2) is 0 Å². The van der Waals surface area contributed by atoms with Crippen LogP contribution in [0.4, 0.5) is 0 Å². The molecule has 0 spiro atoms. The van der Waals surface area contributed by atoms with Gasteiger partial charge in [-0.3, -0.25) is 0 Å². The van der Waals surface area contributed by atoms with Gasteiger partial charge in [0.2, 0.25) is 0 Å². The zero-order valence-corrected chi connectivity index (χ0v) is 12.1. The number of alkyl halides is 3. The normalized spacial score (nSPS) is 10.2. The molecular weight excluding hydrogens is 298 g/mol. The summed E-state index contributed by atoms with van der Waals surface area (Å²) in [5, 5.41) is 0. The average molecular weight is 314 g/mol. The molecule has 0 aliphatic rings. The first-order valence-corrected chi connectivity index (χ1v) is 7.12. The number of hydrogen-bond acceptors (Lipinski definition) is 3. The molecule has 102 valence electrons. The minimum Gasteiger partial charge on any atom is -0.492 e. The van der Waals surface area contributed by atoms with Crippen LogP contribution in [0.3, 0.4) is 0 Å². The molecule has 6 heteroatoms. The van der Waals surface area contributed by atoms with Crippen molar-refractivity contribution in [1.29, 1.82) is 0 Å². The van der Waals surface area contributed by atoms with Gasteiger partial charge in [0.05, 0.1) is 17.6 Å². The molecule has 1 aromatic rings. The van der Waals surface area contributed by atoms with Crippen LogP contribution in [0.5, 0.6) is 17.2 Å². The second-order valence-corrected chi connectivity index (χ2v) is 4.39. The molecule has 0 aliphatic carbocycles. The molecule has 0 aliphatic heterocycles. The van der Waals surface area contributed by atoms with Crippen LogP contribution in [0.2, 0.25) is 0 Å². The van der Waals surface area contributed by atoms with Gasteiger partial charge < -0.3 is 14.2 Å². The molecule has 0 saturated heterocycles. The fraction of sp³-hybridized carbons (Fsp3) is 0.500. The van der Waals surface area contributed by atoms with Crippen molar-refractivity contribution in [3.05, 3.63) is 18.2 Å². The number of hydrogen-bond donors (Lipinski definition) is 0. The summed E-state index contributed by atoms with van der Waals surface area (Å²) in [6.07, 6.45) is 0. The lowest BCUT2D eigenvalue weighted by Gasteiger charge is -2.11. The molecule has 0 N–H and O–H groups in total. The Morgan fingerprint density at radius 3 is 1.11 bits per heavy atom. The van der Waals surface area contributed by atoms with Gasteiger partial charge in [0, 0.05) is 18.2 Å². The highest BCUT2D eigenvalue weighted by Crippen LogP contribution is 2.28. The van der Waals surface area contributed by atoms with Crippen molar-refractivity contribution in [3.63, 3.8) is 0 Å². The highest BCUT2D eigenvalue weighted by Gasteiger charge is 2.04. The minimum absolute atomic E-state index is 0.421. The van der Waals surface area contributed by atoms with Gasteiger partial charge in [0.15, 0.2) is 0 Å². The maximum Gasteiger partial charge on any atom is 0.126 e. The van der Waals surface area contributed by atoms with Gasteiger partial charge in [-0.15, -0.1) is 34.8 Å². The Morgan fingerprint density at radius 2 is 0.889 bits per heavy atom. The lowest BCUT2D eigenvalue weighted by Crippen LogP contribution is -2.03. The van der Waals surface area contributed by atoms with E-state index < -0.39 is 0 Å². The van der Waals surface area contributed by atoms with Gasteiger partial charge in [-0.1, -0.05) is 0 Å². The zero-order chi connectivity index (χ0) is 13.2. The third-order valence-electron chi connectivity index (χ3n) is 1.89. The Labute approximate surface area is 122 Å². The van der Waals surface area contributed by atoms with E-state index in [1.807, 2.05) is 0 Å². The lowest BCUT2D eigenvalue weighted by atomic mass is 10.3. The van der Waals surface area contributed by atoms with Gasteiger partial charge in [-0.05, 0) is 0 Å². The molecule has 18 heavy (non-hydrogen) atoms. The summed E-state index contributed by atoms with van der Waals surface area (Å²) in [5.41, 5.74) is 0. The Hall–Kier alpha value is -0.510. The predicted octanol–water partition coefficient (Wildman–Crippen LogP) is 3.54. The Kier molecular flexibility index (Phi) is 8.14. The van der Waals surface area contributed by atoms with Crippen molar-refractivity contribution in [2.45, 2.75) is 0 Å². The fourth-order valence-corrected chi connectivity index (χ4v) is 1.50. The third kappa shape index (κ3) is 5.89. The molecule has 0 fully saturated rings. The van der Waals surface area contributed by atoms with Crippen LogP contribution in [-0.4, -0.2) is 37.5 Å². The molecular formula is C12H15Cl3O3. The molecule has 0 bridgehead atoms. The Bertz CT molecular complexity index is 283. The maximum absolute atomic E-state index is 5.58. The molecule has 0 saturated carbocycles. The van der Waals surface area contributed by atoms with Crippen LogP contribution in [0.15, 0.2) is 18.2 Å². The molecule has 0 aromatic heterocycles. The minimum atomic E-state index is 0.421. The summed E-state index contributed by atoms with van der Waals surface area (Å²) >= 11 is 16.7. The number of rotatable bonds is 9. The largest absolute Gasteiger partial charge is 0.492 e. The summed E-state index contributed by atoms with van der Waals surface area (Å²) < 4.78 is 16.3. The Morgan fingerprint density at radius 1 is 0.611 bits per heavy atom. The van der Waals surface area contributed by atoms with E-state index in [-0.39, 0.29) is 0 Å². The van der Waals surface area contributed by atoms with Gasteiger partial charge in [0.1, 0.15) is 37.1 Å². The highest BCUT2D eigenvalue weighted by atomic mass is 35.5. The Balaban J connectivity index is 2.74. The summed E-state index contributed by atoms with van der Waals surface area (Å²) in [4.78, 5) is 0.